The molecule has 2 heterocycles. The molecule has 0 unspecified atom stereocenters. The molecule has 7 heteroatoms. The van der Waals surface area contributed by atoms with Crippen molar-refractivity contribution in [2.24, 2.45) is 7.05 Å². The van der Waals surface area contributed by atoms with E-state index in [1.807, 2.05) is 56.4 Å². The highest BCUT2D eigenvalue weighted by Gasteiger charge is 2.25. The van der Waals surface area contributed by atoms with Crippen LogP contribution in [0.5, 0.6) is 5.75 Å². The van der Waals surface area contributed by atoms with Crippen molar-refractivity contribution in [2.45, 2.75) is 13.5 Å². The normalized spacial score (nSPS) is 11.0. The van der Waals surface area contributed by atoms with Gasteiger partial charge in [-0.15, -0.1) is 0 Å². The van der Waals surface area contributed by atoms with Crippen molar-refractivity contribution in [1.29, 1.82) is 0 Å². The SMILES string of the molecule is COc1ccc(C)c2sc(N(Cc3ccccc3)C(=O)c3nccn3C)nc12. The van der Waals surface area contributed by atoms with Crippen molar-refractivity contribution < 1.29 is 9.53 Å². The quantitative estimate of drug-likeness (QED) is 0.511. The monoisotopic (exact) mass is 392 g/mol. The standard InChI is InChI=1S/C21H20N4O2S/c1-14-9-10-16(27-3)17-18(14)28-21(23-17)25(13-15-7-5-4-6-8-15)20(26)19-22-11-12-24(19)2/h4-12H,13H2,1-3H3. The highest BCUT2D eigenvalue weighted by molar-refractivity contribution is 7.22. The van der Waals surface area contributed by atoms with Crippen LogP contribution in [0, 0.1) is 6.92 Å². The number of hydrogen-bond acceptors (Lipinski definition) is 5. The average molecular weight is 392 g/mol. The van der Waals surface area contributed by atoms with Crippen molar-refractivity contribution >= 4 is 32.6 Å². The molecule has 0 saturated heterocycles. The maximum Gasteiger partial charge on any atom is 0.296 e. The fraction of sp³-hybridized carbons (Fsp3) is 0.190. The number of amides is 1. The Morgan fingerprint density at radius 1 is 1.21 bits per heavy atom. The van der Waals surface area contributed by atoms with Crippen LogP contribution in [0.3, 0.4) is 0 Å². The molecule has 0 aliphatic heterocycles. The molecule has 0 radical (unpaired) electrons. The number of hydrogen-bond donors (Lipinski definition) is 0. The van der Waals surface area contributed by atoms with Crippen molar-refractivity contribution in [1.82, 2.24) is 14.5 Å². The van der Waals surface area contributed by atoms with Gasteiger partial charge in [0, 0.05) is 19.4 Å². The van der Waals surface area contributed by atoms with Crippen LogP contribution < -0.4 is 9.64 Å². The maximum atomic E-state index is 13.3. The smallest absolute Gasteiger partial charge is 0.296 e. The van der Waals surface area contributed by atoms with E-state index in [1.54, 1.807) is 29.0 Å². The molecular weight excluding hydrogens is 372 g/mol. The number of imidazole rings is 1. The maximum absolute atomic E-state index is 13.3. The minimum Gasteiger partial charge on any atom is -0.494 e. The molecule has 0 fully saturated rings. The minimum absolute atomic E-state index is 0.188. The zero-order valence-electron chi connectivity index (χ0n) is 15.9. The number of fused-ring (bicyclic) bond motifs is 1. The first-order chi connectivity index (χ1) is 13.6. The summed E-state index contributed by atoms with van der Waals surface area (Å²) in [4.78, 5) is 24.0. The summed E-state index contributed by atoms with van der Waals surface area (Å²) in [7, 11) is 3.44. The van der Waals surface area contributed by atoms with Crippen LogP contribution in [0.1, 0.15) is 21.7 Å². The Bertz CT molecular complexity index is 1130. The molecule has 2 aromatic heterocycles. The number of carbonyl (C=O) groups is 1. The zero-order chi connectivity index (χ0) is 19.7. The molecule has 0 N–H and O–H groups in total. The molecule has 142 valence electrons. The summed E-state index contributed by atoms with van der Waals surface area (Å²) in [6.45, 7) is 2.44. The summed E-state index contributed by atoms with van der Waals surface area (Å²) >= 11 is 1.49. The summed E-state index contributed by atoms with van der Waals surface area (Å²) in [5.74, 6) is 0.887. The van der Waals surface area contributed by atoms with Gasteiger partial charge in [0.2, 0.25) is 0 Å². The Labute approximate surface area is 167 Å². The van der Waals surface area contributed by atoms with E-state index in [-0.39, 0.29) is 5.91 Å². The number of ether oxygens (including phenoxy) is 1. The molecule has 4 aromatic rings. The highest BCUT2D eigenvalue weighted by atomic mass is 32.1. The van der Waals surface area contributed by atoms with Gasteiger partial charge in [-0.1, -0.05) is 47.7 Å². The molecule has 0 spiro atoms. The first-order valence-electron chi connectivity index (χ1n) is 8.85. The molecule has 6 nitrogen and oxygen atoms in total. The van der Waals surface area contributed by atoms with Crippen LogP contribution in [-0.2, 0) is 13.6 Å². The topological polar surface area (TPSA) is 60.2 Å². The van der Waals surface area contributed by atoms with Crippen LogP contribution in [0.2, 0.25) is 0 Å². The Morgan fingerprint density at radius 3 is 2.68 bits per heavy atom. The molecule has 2 aromatic carbocycles. The van der Waals surface area contributed by atoms with E-state index in [1.165, 1.54) is 11.3 Å². The second kappa shape index (κ2) is 7.44. The van der Waals surface area contributed by atoms with Crippen LogP contribution in [0.25, 0.3) is 10.2 Å². The van der Waals surface area contributed by atoms with E-state index in [2.05, 4.69) is 4.98 Å². The van der Waals surface area contributed by atoms with Gasteiger partial charge < -0.3 is 9.30 Å². The van der Waals surface area contributed by atoms with Gasteiger partial charge in [-0.05, 0) is 24.1 Å². The van der Waals surface area contributed by atoms with E-state index in [0.717, 1.165) is 21.3 Å². The zero-order valence-corrected chi connectivity index (χ0v) is 16.7. The van der Waals surface area contributed by atoms with Gasteiger partial charge in [0.05, 0.1) is 18.4 Å². The molecular formula is C21H20N4O2S. The second-order valence-corrected chi connectivity index (χ2v) is 7.48. The van der Waals surface area contributed by atoms with E-state index in [4.69, 9.17) is 9.72 Å². The predicted molar refractivity (Wildman–Crippen MR) is 111 cm³/mol. The summed E-state index contributed by atoms with van der Waals surface area (Å²) in [6.07, 6.45) is 3.39. The van der Waals surface area contributed by atoms with Gasteiger partial charge >= 0.3 is 0 Å². The minimum atomic E-state index is -0.188. The number of rotatable bonds is 5. The van der Waals surface area contributed by atoms with Gasteiger partial charge in [-0.25, -0.2) is 9.97 Å². The number of nitrogens with zero attached hydrogens (tertiary/aromatic N) is 4. The molecule has 4 rings (SSSR count). The van der Waals surface area contributed by atoms with Crippen LogP contribution >= 0.6 is 11.3 Å². The first kappa shape index (κ1) is 18.2. The highest BCUT2D eigenvalue weighted by Crippen LogP contribution is 2.37. The first-order valence-corrected chi connectivity index (χ1v) is 9.67. The number of thiazole rings is 1. The third kappa shape index (κ3) is 3.25. The summed E-state index contributed by atoms with van der Waals surface area (Å²) in [5, 5.41) is 0.624. The molecule has 1 amide bonds. The number of aromatic nitrogens is 3. The lowest BCUT2D eigenvalue weighted by molar-refractivity contribution is 0.0972. The van der Waals surface area contributed by atoms with Crippen molar-refractivity contribution in [2.75, 3.05) is 12.0 Å². The molecule has 28 heavy (non-hydrogen) atoms. The summed E-state index contributed by atoms with van der Waals surface area (Å²) in [6, 6.07) is 13.8. The van der Waals surface area contributed by atoms with E-state index in [9.17, 15) is 4.79 Å². The van der Waals surface area contributed by atoms with Crippen molar-refractivity contribution in [3.05, 3.63) is 71.8 Å². The van der Waals surface area contributed by atoms with Gasteiger partial charge in [0.1, 0.15) is 11.3 Å². The lowest BCUT2D eigenvalue weighted by Gasteiger charge is -2.19. The predicted octanol–water partition coefficient (Wildman–Crippen LogP) is 4.19. The molecule has 0 atom stereocenters. The third-order valence-electron chi connectivity index (χ3n) is 4.58. The fourth-order valence-corrected chi connectivity index (χ4v) is 4.11. The molecule has 0 aliphatic carbocycles. The lowest BCUT2D eigenvalue weighted by atomic mass is 10.2. The van der Waals surface area contributed by atoms with Crippen LogP contribution in [0.4, 0.5) is 5.13 Å². The van der Waals surface area contributed by atoms with Gasteiger partial charge in [-0.2, -0.15) is 0 Å². The van der Waals surface area contributed by atoms with Gasteiger partial charge in [0.25, 0.3) is 5.91 Å². The lowest BCUT2D eigenvalue weighted by Crippen LogP contribution is -2.32. The fourth-order valence-electron chi connectivity index (χ4n) is 3.06. The number of anilines is 1. The molecule has 0 bridgehead atoms. The Balaban J connectivity index is 1.83. The molecule has 0 saturated carbocycles. The number of benzene rings is 2. The Morgan fingerprint density at radius 2 is 2.00 bits per heavy atom. The van der Waals surface area contributed by atoms with E-state index < -0.39 is 0 Å². The van der Waals surface area contributed by atoms with Crippen molar-refractivity contribution in [3.63, 3.8) is 0 Å². The number of aryl methyl sites for hydroxylation is 2. The summed E-state index contributed by atoms with van der Waals surface area (Å²) in [5.41, 5.74) is 2.89. The molecule has 0 aliphatic rings. The Hall–Kier alpha value is -3.19. The van der Waals surface area contributed by atoms with E-state index >= 15 is 0 Å². The van der Waals surface area contributed by atoms with Crippen LogP contribution in [-0.4, -0.2) is 27.6 Å². The number of methoxy groups -OCH3 is 1. The second-order valence-electron chi connectivity index (χ2n) is 6.50. The third-order valence-corrected chi connectivity index (χ3v) is 5.80. The van der Waals surface area contributed by atoms with Crippen LogP contribution in [0.15, 0.2) is 54.9 Å². The Kier molecular flexibility index (Phi) is 4.83. The number of carbonyl (C=O) groups excluding carboxylic acids is 1. The summed E-state index contributed by atoms with van der Waals surface area (Å²) < 4.78 is 8.21. The largest absolute Gasteiger partial charge is 0.494 e. The van der Waals surface area contributed by atoms with Gasteiger partial charge in [0.15, 0.2) is 11.0 Å². The van der Waals surface area contributed by atoms with E-state index in [0.29, 0.717) is 23.3 Å². The average Bonchev–Trinajstić information content (AvgIpc) is 3.34. The van der Waals surface area contributed by atoms with Gasteiger partial charge in [-0.3, -0.25) is 9.69 Å². The van der Waals surface area contributed by atoms with Crippen molar-refractivity contribution in [3.8, 4) is 5.75 Å².